The first kappa shape index (κ1) is 16.4. The van der Waals surface area contributed by atoms with E-state index in [4.69, 9.17) is 4.74 Å². The molecule has 5 heteroatoms. The van der Waals surface area contributed by atoms with Gasteiger partial charge in [0.05, 0.1) is 0 Å². The van der Waals surface area contributed by atoms with Gasteiger partial charge < -0.3 is 9.64 Å². The molecule has 0 unspecified atom stereocenters. The molecule has 2 amide bonds. The number of ether oxygens (including phenoxy) is 1. The number of carbonyl (C=O) groups is 2. The average molecular weight is 342 g/mol. The van der Waals surface area contributed by atoms with E-state index in [-0.39, 0.29) is 30.7 Å². The predicted octanol–water partition coefficient (Wildman–Crippen LogP) is 3.19. The molecule has 1 atom stereocenters. The van der Waals surface area contributed by atoms with Crippen molar-refractivity contribution < 1.29 is 14.3 Å². The molecule has 0 aromatic heterocycles. The zero-order chi connectivity index (χ0) is 17.2. The zero-order valence-corrected chi connectivity index (χ0v) is 14.6. The Hall–Kier alpha value is -2.04. The van der Waals surface area contributed by atoms with Crippen molar-refractivity contribution in [2.24, 2.45) is 5.92 Å². The third-order valence-corrected chi connectivity index (χ3v) is 5.97. The lowest BCUT2D eigenvalue weighted by molar-refractivity contribution is -0.143. The fourth-order valence-corrected chi connectivity index (χ4v) is 4.65. The third kappa shape index (κ3) is 3.24. The highest BCUT2D eigenvalue weighted by molar-refractivity contribution is 5.87. The van der Waals surface area contributed by atoms with Gasteiger partial charge in [-0.3, -0.25) is 9.69 Å². The molecule has 1 aromatic carbocycles. The van der Waals surface area contributed by atoms with Gasteiger partial charge in [-0.25, -0.2) is 4.79 Å². The number of hydrogen-bond acceptors (Lipinski definition) is 3. The standard InChI is InChI=1S/C20H26N2O3/c23-19(21-12-4-5-13-21)18-16-8-10-17(11-9-16)22(18)20(24)25-14-15-6-2-1-3-7-15/h1-3,6-7,16-18H,4-5,8-14H2/t16?,17?,18-/m0/s1. The maximum Gasteiger partial charge on any atom is 0.411 e. The number of likely N-dealkylation sites (tertiary alicyclic amines) is 1. The molecule has 25 heavy (non-hydrogen) atoms. The van der Waals surface area contributed by atoms with Crippen LogP contribution in [-0.4, -0.2) is 47.0 Å². The summed E-state index contributed by atoms with van der Waals surface area (Å²) < 4.78 is 5.58. The molecule has 4 aliphatic rings. The van der Waals surface area contributed by atoms with Gasteiger partial charge in [0, 0.05) is 19.1 Å². The van der Waals surface area contributed by atoms with Gasteiger partial charge in [-0.2, -0.15) is 0 Å². The second-order valence-corrected chi connectivity index (χ2v) is 7.49. The summed E-state index contributed by atoms with van der Waals surface area (Å²) in [5.41, 5.74) is 0.973. The molecule has 3 aliphatic heterocycles. The summed E-state index contributed by atoms with van der Waals surface area (Å²) in [4.78, 5) is 29.6. The van der Waals surface area contributed by atoms with Crippen LogP contribution in [0.2, 0.25) is 0 Å². The van der Waals surface area contributed by atoms with E-state index in [0.29, 0.717) is 5.92 Å². The highest BCUT2D eigenvalue weighted by Gasteiger charge is 2.49. The van der Waals surface area contributed by atoms with E-state index in [0.717, 1.165) is 57.2 Å². The fraction of sp³-hybridized carbons (Fsp3) is 0.600. The molecule has 4 fully saturated rings. The summed E-state index contributed by atoms with van der Waals surface area (Å²) in [6, 6.07) is 9.56. The molecule has 3 heterocycles. The van der Waals surface area contributed by atoms with Gasteiger partial charge in [0.25, 0.3) is 0 Å². The number of amides is 2. The van der Waals surface area contributed by atoms with Crippen LogP contribution >= 0.6 is 0 Å². The molecule has 5 nitrogen and oxygen atoms in total. The molecule has 5 rings (SSSR count). The minimum absolute atomic E-state index is 0.142. The maximum atomic E-state index is 13.1. The van der Waals surface area contributed by atoms with Crippen LogP contribution < -0.4 is 0 Å². The number of fused-ring (bicyclic) bond motifs is 3. The largest absolute Gasteiger partial charge is 0.445 e. The molecule has 1 aliphatic carbocycles. The zero-order valence-electron chi connectivity index (χ0n) is 14.6. The van der Waals surface area contributed by atoms with Crippen LogP contribution in [0.3, 0.4) is 0 Å². The second kappa shape index (κ2) is 7.06. The van der Waals surface area contributed by atoms with Crippen LogP contribution in [-0.2, 0) is 16.1 Å². The Bertz CT molecular complexity index is 619. The van der Waals surface area contributed by atoms with Crippen LogP contribution in [0.25, 0.3) is 0 Å². The molecule has 2 bridgehead atoms. The Morgan fingerprint density at radius 1 is 1.00 bits per heavy atom. The van der Waals surface area contributed by atoms with Crippen LogP contribution in [0, 0.1) is 5.92 Å². The van der Waals surface area contributed by atoms with Gasteiger partial charge in [0.15, 0.2) is 0 Å². The van der Waals surface area contributed by atoms with E-state index in [1.165, 1.54) is 0 Å². The van der Waals surface area contributed by atoms with E-state index in [1.807, 2.05) is 35.2 Å². The Morgan fingerprint density at radius 3 is 2.36 bits per heavy atom. The molecule has 134 valence electrons. The van der Waals surface area contributed by atoms with Crippen molar-refractivity contribution in [2.75, 3.05) is 13.1 Å². The number of rotatable bonds is 3. The summed E-state index contributed by atoms with van der Waals surface area (Å²) in [5, 5.41) is 0. The number of hydrogen-bond donors (Lipinski definition) is 0. The van der Waals surface area contributed by atoms with E-state index in [2.05, 4.69) is 0 Å². The maximum absolute atomic E-state index is 13.1. The Labute approximate surface area is 148 Å². The van der Waals surface area contributed by atoms with Crippen molar-refractivity contribution in [3.8, 4) is 0 Å². The summed E-state index contributed by atoms with van der Waals surface area (Å²) in [6.45, 7) is 1.93. The van der Waals surface area contributed by atoms with Crippen molar-refractivity contribution in [1.82, 2.24) is 9.80 Å². The minimum atomic E-state index is -0.323. The topological polar surface area (TPSA) is 49.9 Å². The summed E-state index contributed by atoms with van der Waals surface area (Å²) >= 11 is 0. The molecule has 0 radical (unpaired) electrons. The van der Waals surface area contributed by atoms with Crippen molar-refractivity contribution in [2.45, 2.75) is 57.2 Å². The van der Waals surface area contributed by atoms with E-state index >= 15 is 0 Å². The number of carbonyl (C=O) groups excluding carboxylic acids is 2. The Balaban J connectivity index is 1.48. The molecular formula is C20H26N2O3. The van der Waals surface area contributed by atoms with Crippen LogP contribution in [0.1, 0.15) is 44.1 Å². The Kier molecular flexibility index (Phi) is 4.64. The van der Waals surface area contributed by atoms with Gasteiger partial charge in [-0.15, -0.1) is 0 Å². The first-order chi connectivity index (χ1) is 12.2. The third-order valence-electron chi connectivity index (χ3n) is 5.97. The first-order valence-corrected chi connectivity index (χ1v) is 9.52. The second-order valence-electron chi connectivity index (χ2n) is 7.49. The van der Waals surface area contributed by atoms with E-state index in [1.54, 1.807) is 4.90 Å². The van der Waals surface area contributed by atoms with Gasteiger partial charge >= 0.3 is 6.09 Å². The van der Waals surface area contributed by atoms with Gasteiger partial charge in [-0.05, 0) is 50.0 Å². The quantitative estimate of drug-likeness (QED) is 0.848. The summed E-state index contributed by atoms with van der Waals surface area (Å²) in [6.07, 6.45) is 5.92. The first-order valence-electron chi connectivity index (χ1n) is 9.52. The molecule has 1 saturated carbocycles. The lowest BCUT2D eigenvalue weighted by Gasteiger charge is -2.50. The Morgan fingerprint density at radius 2 is 1.68 bits per heavy atom. The lowest BCUT2D eigenvalue weighted by atomic mass is 9.74. The van der Waals surface area contributed by atoms with Gasteiger partial charge in [0.1, 0.15) is 12.6 Å². The number of nitrogens with zero attached hydrogens (tertiary/aromatic N) is 2. The van der Waals surface area contributed by atoms with Crippen molar-refractivity contribution in [3.05, 3.63) is 35.9 Å². The lowest BCUT2D eigenvalue weighted by Crippen LogP contribution is -2.63. The fourth-order valence-electron chi connectivity index (χ4n) is 4.65. The SMILES string of the molecule is O=C([C@@H]1C2CCC(CC2)N1C(=O)OCc1ccccc1)N1CCCC1. The molecule has 0 spiro atoms. The smallest absolute Gasteiger partial charge is 0.411 e. The molecule has 1 aromatic rings. The highest BCUT2D eigenvalue weighted by Crippen LogP contribution is 2.41. The van der Waals surface area contributed by atoms with E-state index in [9.17, 15) is 9.59 Å². The van der Waals surface area contributed by atoms with Gasteiger partial charge in [-0.1, -0.05) is 30.3 Å². The van der Waals surface area contributed by atoms with Crippen LogP contribution in [0.15, 0.2) is 30.3 Å². The van der Waals surface area contributed by atoms with E-state index < -0.39 is 0 Å². The minimum Gasteiger partial charge on any atom is -0.445 e. The van der Waals surface area contributed by atoms with Gasteiger partial charge in [0.2, 0.25) is 5.91 Å². The summed E-state index contributed by atoms with van der Waals surface area (Å²) in [7, 11) is 0. The summed E-state index contributed by atoms with van der Waals surface area (Å²) in [5.74, 6) is 0.436. The normalized spacial score (nSPS) is 28.2. The average Bonchev–Trinajstić information content (AvgIpc) is 3.21. The number of benzene rings is 1. The highest BCUT2D eigenvalue weighted by atomic mass is 16.6. The van der Waals surface area contributed by atoms with Crippen molar-refractivity contribution in [1.29, 1.82) is 0 Å². The molecular weight excluding hydrogens is 316 g/mol. The van der Waals surface area contributed by atoms with Crippen molar-refractivity contribution >= 4 is 12.0 Å². The molecule has 0 N–H and O–H groups in total. The van der Waals surface area contributed by atoms with Crippen LogP contribution in [0.4, 0.5) is 4.79 Å². The monoisotopic (exact) mass is 342 g/mol. The van der Waals surface area contributed by atoms with Crippen molar-refractivity contribution in [3.63, 3.8) is 0 Å². The molecule has 3 saturated heterocycles. The number of piperidine rings is 2. The predicted molar refractivity (Wildman–Crippen MR) is 93.8 cm³/mol. The van der Waals surface area contributed by atoms with Crippen LogP contribution in [0.5, 0.6) is 0 Å².